The van der Waals surface area contributed by atoms with Crippen LogP contribution in [0.2, 0.25) is 0 Å². The van der Waals surface area contributed by atoms with Crippen molar-refractivity contribution in [3.63, 3.8) is 0 Å². The lowest BCUT2D eigenvalue weighted by Gasteiger charge is -2.07. The molecule has 16 heavy (non-hydrogen) atoms. The van der Waals surface area contributed by atoms with Crippen molar-refractivity contribution >= 4 is 33.8 Å². The summed E-state index contributed by atoms with van der Waals surface area (Å²) < 4.78 is 0. The van der Waals surface area contributed by atoms with Crippen LogP contribution in [0.15, 0.2) is 35.2 Å². The van der Waals surface area contributed by atoms with Crippen molar-refractivity contribution in [3.05, 3.63) is 30.3 Å². The minimum Gasteiger partial charge on any atom is -0.288 e. The first kappa shape index (κ1) is 13.3. The van der Waals surface area contributed by atoms with Gasteiger partial charge in [0.1, 0.15) is 0 Å². The molecular weight excluding hydrogens is 240 g/mol. The predicted octanol–water partition coefficient (Wildman–Crippen LogP) is 3.22. The van der Waals surface area contributed by atoms with Gasteiger partial charge in [-0.25, -0.2) is 0 Å². The van der Waals surface area contributed by atoms with Gasteiger partial charge in [0.05, 0.1) is 0 Å². The SMILES string of the molecule is CC(=O)SCC(C)C(=O)Sc1ccccc1. The largest absolute Gasteiger partial charge is 0.288 e. The fourth-order valence-electron chi connectivity index (χ4n) is 1.02. The molecule has 4 heteroatoms. The maximum Gasteiger partial charge on any atom is 0.197 e. The summed E-state index contributed by atoms with van der Waals surface area (Å²) in [5.74, 6) is 0.465. The average Bonchev–Trinajstić information content (AvgIpc) is 2.27. The lowest BCUT2D eigenvalue weighted by Crippen LogP contribution is -2.10. The molecule has 0 bridgehead atoms. The summed E-state index contributed by atoms with van der Waals surface area (Å²) in [6, 6.07) is 9.56. The van der Waals surface area contributed by atoms with Gasteiger partial charge in [0.15, 0.2) is 10.2 Å². The zero-order chi connectivity index (χ0) is 12.0. The Morgan fingerprint density at radius 3 is 2.44 bits per heavy atom. The first-order valence-corrected chi connectivity index (χ1v) is 6.80. The average molecular weight is 254 g/mol. The molecule has 0 spiro atoms. The van der Waals surface area contributed by atoms with E-state index in [1.54, 1.807) is 0 Å². The van der Waals surface area contributed by atoms with Crippen LogP contribution in [0, 0.1) is 5.92 Å². The molecule has 0 saturated heterocycles. The molecule has 0 saturated carbocycles. The first-order chi connectivity index (χ1) is 7.59. The van der Waals surface area contributed by atoms with E-state index in [1.165, 1.54) is 30.4 Å². The van der Waals surface area contributed by atoms with Gasteiger partial charge in [0.2, 0.25) is 0 Å². The monoisotopic (exact) mass is 254 g/mol. The second-order valence-electron chi connectivity index (χ2n) is 3.44. The van der Waals surface area contributed by atoms with Crippen molar-refractivity contribution in [2.45, 2.75) is 18.7 Å². The summed E-state index contributed by atoms with van der Waals surface area (Å²) in [5.41, 5.74) is 0. The Hall–Kier alpha value is -0.740. The zero-order valence-electron chi connectivity index (χ0n) is 9.30. The van der Waals surface area contributed by atoms with E-state index in [0.29, 0.717) is 5.75 Å². The molecule has 0 aliphatic rings. The molecular formula is C12H14O2S2. The van der Waals surface area contributed by atoms with E-state index in [2.05, 4.69) is 0 Å². The third kappa shape index (κ3) is 4.86. The minimum absolute atomic E-state index is 0.0596. The number of hydrogen-bond acceptors (Lipinski definition) is 4. The summed E-state index contributed by atoms with van der Waals surface area (Å²) in [5, 5.41) is 0.171. The number of carbonyl (C=O) groups is 2. The molecule has 0 aliphatic carbocycles. The maximum absolute atomic E-state index is 11.8. The molecule has 0 N–H and O–H groups in total. The Morgan fingerprint density at radius 1 is 1.25 bits per heavy atom. The van der Waals surface area contributed by atoms with Crippen molar-refractivity contribution in [1.29, 1.82) is 0 Å². The van der Waals surface area contributed by atoms with Crippen LogP contribution in [-0.4, -0.2) is 16.0 Å². The fourth-order valence-corrected chi connectivity index (χ4v) is 2.57. The summed E-state index contributed by atoms with van der Waals surface area (Å²) in [6.45, 7) is 3.38. The van der Waals surface area contributed by atoms with E-state index >= 15 is 0 Å². The summed E-state index contributed by atoms with van der Waals surface area (Å²) in [7, 11) is 0. The van der Waals surface area contributed by atoms with E-state index in [0.717, 1.165) is 4.90 Å². The summed E-state index contributed by atoms with van der Waals surface area (Å²) in [4.78, 5) is 23.5. The van der Waals surface area contributed by atoms with Crippen LogP contribution in [0.3, 0.4) is 0 Å². The molecule has 1 aromatic carbocycles. The first-order valence-electron chi connectivity index (χ1n) is 4.99. The van der Waals surface area contributed by atoms with Gasteiger partial charge in [-0.1, -0.05) is 48.6 Å². The predicted molar refractivity (Wildman–Crippen MR) is 69.6 cm³/mol. The Bertz CT molecular complexity index is 363. The smallest absolute Gasteiger partial charge is 0.197 e. The topological polar surface area (TPSA) is 34.1 Å². The van der Waals surface area contributed by atoms with Gasteiger partial charge in [-0.2, -0.15) is 0 Å². The fraction of sp³-hybridized carbons (Fsp3) is 0.333. The Morgan fingerprint density at radius 2 is 1.88 bits per heavy atom. The highest BCUT2D eigenvalue weighted by atomic mass is 32.2. The Kier molecular flexibility index (Phi) is 5.63. The van der Waals surface area contributed by atoms with Gasteiger partial charge in [0.25, 0.3) is 0 Å². The molecule has 1 unspecified atom stereocenters. The highest BCUT2D eigenvalue weighted by Crippen LogP contribution is 2.23. The van der Waals surface area contributed by atoms with Crippen LogP contribution < -0.4 is 0 Å². The normalized spacial score (nSPS) is 12.1. The van der Waals surface area contributed by atoms with Crippen LogP contribution in [0.1, 0.15) is 13.8 Å². The van der Waals surface area contributed by atoms with Crippen LogP contribution in [0.25, 0.3) is 0 Å². The van der Waals surface area contributed by atoms with Gasteiger partial charge >= 0.3 is 0 Å². The number of hydrogen-bond donors (Lipinski definition) is 0. The quantitative estimate of drug-likeness (QED) is 0.773. The minimum atomic E-state index is -0.0980. The third-order valence-electron chi connectivity index (χ3n) is 1.90. The molecule has 0 amide bonds. The van der Waals surface area contributed by atoms with Gasteiger partial charge in [-0.3, -0.25) is 9.59 Å². The number of benzene rings is 1. The molecule has 2 nitrogen and oxygen atoms in total. The molecule has 0 fully saturated rings. The molecule has 0 aliphatic heterocycles. The van der Waals surface area contributed by atoms with Gasteiger partial charge in [-0.15, -0.1) is 0 Å². The van der Waals surface area contributed by atoms with Crippen molar-refractivity contribution in [2.75, 3.05) is 5.75 Å². The molecule has 1 rings (SSSR count). The molecule has 86 valence electrons. The van der Waals surface area contributed by atoms with E-state index in [9.17, 15) is 9.59 Å². The zero-order valence-corrected chi connectivity index (χ0v) is 10.9. The summed E-state index contributed by atoms with van der Waals surface area (Å²) >= 11 is 2.45. The van der Waals surface area contributed by atoms with Gasteiger partial charge in [0, 0.05) is 23.5 Å². The Labute approximate surface area is 104 Å². The highest BCUT2D eigenvalue weighted by molar-refractivity contribution is 8.14. The molecule has 1 aromatic rings. The van der Waals surface area contributed by atoms with Crippen LogP contribution in [-0.2, 0) is 9.59 Å². The van der Waals surface area contributed by atoms with Crippen LogP contribution in [0.5, 0.6) is 0 Å². The number of carbonyl (C=O) groups excluding carboxylic acids is 2. The van der Waals surface area contributed by atoms with Crippen LogP contribution in [0.4, 0.5) is 0 Å². The lowest BCUT2D eigenvalue weighted by atomic mass is 10.2. The van der Waals surface area contributed by atoms with E-state index in [1.807, 2.05) is 37.3 Å². The van der Waals surface area contributed by atoms with Crippen molar-refractivity contribution in [3.8, 4) is 0 Å². The van der Waals surface area contributed by atoms with Gasteiger partial charge in [-0.05, 0) is 12.1 Å². The Balaban J connectivity index is 2.43. The highest BCUT2D eigenvalue weighted by Gasteiger charge is 2.15. The van der Waals surface area contributed by atoms with E-state index < -0.39 is 0 Å². The standard InChI is InChI=1S/C12H14O2S2/c1-9(8-15-10(2)13)12(14)16-11-6-4-3-5-7-11/h3-7,9H,8H2,1-2H3. The van der Waals surface area contributed by atoms with Crippen molar-refractivity contribution < 1.29 is 9.59 Å². The molecule has 0 radical (unpaired) electrons. The number of rotatable bonds is 4. The lowest BCUT2D eigenvalue weighted by molar-refractivity contribution is -0.113. The van der Waals surface area contributed by atoms with E-state index in [4.69, 9.17) is 0 Å². The van der Waals surface area contributed by atoms with Gasteiger partial charge < -0.3 is 0 Å². The molecule has 1 atom stereocenters. The maximum atomic E-state index is 11.8. The summed E-state index contributed by atoms with van der Waals surface area (Å²) in [6.07, 6.45) is 0. The third-order valence-corrected chi connectivity index (χ3v) is 4.09. The van der Waals surface area contributed by atoms with Crippen LogP contribution >= 0.6 is 23.5 Å². The van der Waals surface area contributed by atoms with Crippen molar-refractivity contribution in [2.24, 2.45) is 5.92 Å². The second-order valence-corrected chi connectivity index (χ2v) is 5.71. The van der Waals surface area contributed by atoms with E-state index in [-0.39, 0.29) is 16.1 Å². The van der Waals surface area contributed by atoms with Crippen molar-refractivity contribution in [1.82, 2.24) is 0 Å². The second kappa shape index (κ2) is 6.76. The molecule has 0 aromatic heterocycles. The molecule has 0 heterocycles. The number of thioether (sulfide) groups is 2.